The van der Waals surface area contributed by atoms with E-state index in [1.807, 2.05) is 0 Å². The number of carbonyl (C=O) groups excluding carboxylic acids is 3. The molecule has 3 aromatic carbocycles. The fraction of sp³-hybridized carbons (Fsp3) is 0.115. The van der Waals surface area contributed by atoms with Crippen molar-refractivity contribution in [1.29, 1.82) is 0 Å². The van der Waals surface area contributed by atoms with Gasteiger partial charge in [-0.3, -0.25) is 14.9 Å². The number of nitrogens with one attached hydrogen (secondary N) is 1. The molecule has 1 aliphatic rings. The number of hydrogen-bond donors (Lipinski definition) is 1. The van der Waals surface area contributed by atoms with Crippen LogP contribution in [0.4, 0.5) is 14.9 Å². The van der Waals surface area contributed by atoms with E-state index in [1.54, 1.807) is 49.4 Å². The number of rotatable bonds is 6. The van der Waals surface area contributed by atoms with Crippen LogP contribution < -0.4 is 19.7 Å². The molecule has 36 heavy (non-hydrogen) atoms. The third-order valence-electron chi connectivity index (χ3n) is 5.36. The topological polar surface area (TPSA) is 84.9 Å². The minimum absolute atomic E-state index is 0.167. The molecule has 0 saturated carbocycles. The number of amides is 4. The Bertz CT molecular complexity index is 1410. The normalized spacial score (nSPS) is 14.8. The number of benzene rings is 3. The number of urea groups is 1. The molecule has 0 atom stereocenters. The molecule has 0 spiro atoms. The van der Waals surface area contributed by atoms with Crippen LogP contribution in [0.2, 0.25) is 0 Å². The Morgan fingerprint density at radius 1 is 1.03 bits per heavy atom. The lowest BCUT2D eigenvalue weighted by molar-refractivity contribution is -0.122. The fourth-order valence-electron chi connectivity index (χ4n) is 3.61. The van der Waals surface area contributed by atoms with Crippen molar-refractivity contribution in [2.75, 3.05) is 12.0 Å². The SMILES string of the molecule is COc1cc(/C=C2/C(=O)NC(=O)N(c3ccc(Br)cc3C)C2=O)cc(Br)c1OCc1ccc(F)cc1. The number of hydrogen-bond acceptors (Lipinski definition) is 5. The Morgan fingerprint density at radius 3 is 2.42 bits per heavy atom. The van der Waals surface area contributed by atoms with Gasteiger partial charge in [0.1, 0.15) is 18.0 Å². The highest BCUT2D eigenvalue weighted by Gasteiger charge is 2.37. The van der Waals surface area contributed by atoms with Gasteiger partial charge in [-0.1, -0.05) is 28.1 Å². The Labute approximate surface area is 223 Å². The summed E-state index contributed by atoms with van der Waals surface area (Å²) in [7, 11) is 1.46. The van der Waals surface area contributed by atoms with Crippen molar-refractivity contribution < 1.29 is 28.2 Å². The average Bonchev–Trinajstić information content (AvgIpc) is 2.83. The van der Waals surface area contributed by atoms with Gasteiger partial charge in [0.25, 0.3) is 11.8 Å². The molecule has 184 valence electrons. The maximum Gasteiger partial charge on any atom is 0.335 e. The van der Waals surface area contributed by atoms with Crippen LogP contribution in [0.15, 0.2) is 69.1 Å². The number of carbonyl (C=O) groups is 3. The van der Waals surface area contributed by atoms with Crippen molar-refractivity contribution in [3.63, 3.8) is 0 Å². The van der Waals surface area contributed by atoms with Gasteiger partial charge < -0.3 is 9.47 Å². The molecule has 0 unspecified atom stereocenters. The largest absolute Gasteiger partial charge is 0.493 e. The Kier molecular flexibility index (Phi) is 7.56. The second kappa shape index (κ2) is 10.6. The van der Waals surface area contributed by atoms with Crippen LogP contribution in [0.1, 0.15) is 16.7 Å². The van der Waals surface area contributed by atoms with E-state index in [9.17, 15) is 18.8 Å². The zero-order valence-electron chi connectivity index (χ0n) is 19.1. The van der Waals surface area contributed by atoms with Crippen molar-refractivity contribution in [2.45, 2.75) is 13.5 Å². The number of aryl methyl sites for hydroxylation is 1. The molecule has 0 bridgehead atoms. The van der Waals surface area contributed by atoms with E-state index in [2.05, 4.69) is 37.2 Å². The zero-order chi connectivity index (χ0) is 26.0. The zero-order valence-corrected chi connectivity index (χ0v) is 22.3. The van der Waals surface area contributed by atoms with Gasteiger partial charge in [0.15, 0.2) is 11.5 Å². The van der Waals surface area contributed by atoms with E-state index in [0.29, 0.717) is 32.8 Å². The van der Waals surface area contributed by atoms with E-state index in [4.69, 9.17) is 9.47 Å². The Hall–Kier alpha value is -3.50. The standard InChI is InChI=1S/C26H19Br2FN2O5/c1-14-9-17(27)5-8-21(14)31-25(33)19(24(32)30-26(31)34)10-16-11-20(28)23(22(12-16)35-2)36-13-15-3-6-18(29)7-4-15/h3-12H,13H2,1-2H3,(H,30,32,34)/b19-10-. The number of anilines is 1. The average molecular weight is 618 g/mol. The van der Waals surface area contributed by atoms with Gasteiger partial charge in [-0.05, 0) is 88.1 Å². The van der Waals surface area contributed by atoms with E-state index in [-0.39, 0.29) is 18.0 Å². The van der Waals surface area contributed by atoms with Crippen LogP contribution in [-0.4, -0.2) is 25.0 Å². The fourth-order valence-corrected chi connectivity index (χ4v) is 4.66. The summed E-state index contributed by atoms with van der Waals surface area (Å²) in [5.74, 6) is -1.15. The molecule has 0 radical (unpaired) electrons. The first-order valence-electron chi connectivity index (χ1n) is 10.6. The summed E-state index contributed by atoms with van der Waals surface area (Å²) in [6, 6.07) is 13.4. The molecule has 10 heteroatoms. The Morgan fingerprint density at radius 2 is 1.75 bits per heavy atom. The molecule has 4 amide bonds. The summed E-state index contributed by atoms with van der Waals surface area (Å²) in [5, 5.41) is 2.22. The summed E-state index contributed by atoms with van der Waals surface area (Å²) in [5.41, 5.74) is 2.05. The third kappa shape index (κ3) is 5.34. The number of halogens is 3. The van der Waals surface area contributed by atoms with Crippen molar-refractivity contribution in [3.05, 3.63) is 91.6 Å². The maximum atomic E-state index is 13.2. The Balaban J connectivity index is 1.65. The van der Waals surface area contributed by atoms with Gasteiger partial charge in [-0.2, -0.15) is 0 Å². The highest BCUT2D eigenvalue weighted by molar-refractivity contribution is 9.10. The minimum Gasteiger partial charge on any atom is -0.493 e. The van der Waals surface area contributed by atoms with Crippen LogP contribution in [0.5, 0.6) is 11.5 Å². The van der Waals surface area contributed by atoms with Gasteiger partial charge in [0.05, 0.1) is 17.3 Å². The van der Waals surface area contributed by atoms with E-state index < -0.39 is 17.8 Å². The lowest BCUT2D eigenvalue weighted by atomic mass is 10.1. The maximum absolute atomic E-state index is 13.2. The van der Waals surface area contributed by atoms with Gasteiger partial charge in [-0.25, -0.2) is 14.1 Å². The lowest BCUT2D eigenvalue weighted by Gasteiger charge is -2.27. The van der Waals surface area contributed by atoms with Crippen molar-refractivity contribution in [2.24, 2.45) is 0 Å². The highest BCUT2D eigenvalue weighted by atomic mass is 79.9. The highest BCUT2D eigenvalue weighted by Crippen LogP contribution is 2.38. The third-order valence-corrected chi connectivity index (χ3v) is 6.44. The molecule has 0 aromatic heterocycles. The molecule has 1 fully saturated rings. The van der Waals surface area contributed by atoms with Gasteiger partial charge in [0, 0.05) is 4.47 Å². The monoisotopic (exact) mass is 616 g/mol. The number of nitrogens with zero attached hydrogens (tertiary/aromatic N) is 1. The molecular formula is C26H19Br2FN2O5. The van der Waals surface area contributed by atoms with E-state index >= 15 is 0 Å². The molecule has 3 aromatic rings. The second-order valence-electron chi connectivity index (χ2n) is 7.84. The summed E-state index contributed by atoms with van der Waals surface area (Å²) in [4.78, 5) is 39.3. The second-order valence-corrected chi connectivity index (χ2v) is 9.61. The smallest absolute Gasteiger partial charge is 0.335 e. The molecule has 7 nitrogen and oxygen atoms in total. The van der Waals surface area contributed by atoms with Crippen molar-refractivity contribution >= 4 is 61.5 Å². The van der Waals surface area contributed by atoms with Crippen molar-refractivity contribution in [3.8, 4) is 11.5 Å². The predicted molar refractivity (Wildman–Crippen MR) is 139 cm³/mol. The van der Waals surface area contributed by atoms with Crippen LogP contribution in [0.25, 0.3) is 6.08 Å². The summed E-state index contributed by atoms with van der Waals surface area (Å²) in [6.45, 7) is 1.92. The first-order chi connectivity index (χ1) is 17.2. The summed E-state index contributed by atoms with van der Waals surface area (Å²) in [6.07, 6.45) is 1.38. The molecule has 4 rings (SSSR count). The lowest BCUT2D eigenvalue weighted by Crippen LogP contribution is -2.54. The van der Waals surface area contributed by atoms with Gasteiger partial charge >= 0.3 is 6.03 Å². The molecule has 1 N–H and O–H groups in total. The van der Waals surface area contributed by atoms with Crippen LogP contribution >= 0.6 is 31.9 Å². The van der Waals surface area contributed by atoms with E-state index in [1.165, 1.54) is 25.3 Å². The summed E-state index contributed by atoms with van der Waals surface area (Å²) < 4.78 is 25.8. The van der Waals surface area contributed by atoms with E-state index in [0.717, 1.165) is 14.9 Å². The van der Waals surface area contributed by atoms with Crippen LogP contribution in [0.3, 0.4) is 0 Å². The quantitative estimate of drug-likeness (QED) is 0.274. The molecule has 1 heterocycles. The van der Waals surface area contributed by atoms with Gasteiger partial charge in [0.2, 0.25) is 0 Å². The number of imide groups is 2. The number of ether oxygens (including phenoxy) is 2. The summed E-state index contributed by atoms with van der Waals surface area (Å²) >= 11 is 6.80. The van der Waals surface area contributed by atoms with Crippen LogP contribution in [-0.2, 0) is 16.2 Å². The molecule has 0 aliphatic carbocycles. The first-order valence-corrected chi connectivity index (χ1v) is 12.2. The first kappa shape index (κ1) is 25.6. The minimum atomic E-state index is -0.823. The van der Waals surface area contributed by atoms with Crippen LogP contribution in [0, 0.1) is 12.7 Å². The number of barbiturate groups is 1. The molecular weight excluding hydrogens is 599 g/mol. The molecule has 1 aliphatic heterocycles. The van der Waals surface area contributed by atoms with Gasteiger partial charge in [-0.15, -0.1) is 0 Å². The number of methoxy groups -OCH3 is 1. The van der Waals surface area contributed by atoms with Crippen molar-refractivity contribution in [1.82, 2.24) is 5.32 Å². The predicted octanol–water partition coefficient (Wildman–Crippen LogP) is 5.91. The molecule has 1 saturated heterocycles.